The lowest BCUT2D eigenvalue weighted by Gasteiger charge is -2.18. The molecule has 32 heavy (non-hydrogen) atoms. The Morgan fingerprint density at radius 2 is 1.94 bits per heavy atom. The van der Waals surface area contributed by atoms with E-state index >= 15 is 0 Å². The van der Waals surface area contributed by atoms with E-state index in [0.717, 1.165) is 0 Å². The molecule has 158 valence electrons. The van der Waals surface area contributed by atoms with Crippen LogP contribution in [0.3, 0.4) is 0 Å². The minimum atomic E-state index is -0.653. The largest absolute Gasteiger partial charge is 0.482 e. The molecule has 0 bridgehead atoms. The first-order valence-electron chi connectivity index (χ1n) is 9.79. The molecule has 4 aromatic rings. The van der Waals surface area contributed by atoms with Gasteiger partial charge in [0.15, 0.2) is 24.8 Å². The number of Topliss-reactive ketones (excluding diaryl/α,β-unsaturated/α-hetero) is 1. The number of para-hydroxylation sites is 1. The van der Waals surface area contributed by atoms with Crippen molar-refractivity contribution in [3.8, 4) is 17.2 Å². The number of ketones is 1. The topological polar surface area (TPSA) is 108 Å². The summed E-state index contributed by atoms with van der Waals surface area (Å²) in [5, 5.41) is 3.25. The van der Waals surface area contributed by atoms with Crippen molar-refractivity contribution in [1.82, 2.24) is 4.98 Å². The van der Waals surface area contributed by atoms with Crippen molar-refractivity contribution in [2.24, 2.45) is 0 Å². The first-order valence-corrected chi connectivity index (χ1v) is 9.79. The lowest BCUT2D eigenvalue weighted by atomic mass is 10.1. The maximum Gasteiger partial charge on any atom is 0.339 e. The predicted molar refractivity (Wildman–Crippen MR) is 115 cm³/mol. The molecule has 2 aromatic carbocycles. The number of hydrogen-bond acceptors (Lipinski definition) is 7. The standard InChI is InChI=1S/C24H16N2O6/c27-20(14-7-8-22-18(10-14)26-23(28)13-31-22)12-32-24(29)16-11-19(21-6-3-9-30-21)25-17-5-2-1-4-15(16)17/h1-11H,12-13H2,(H,26,28). The Labute approximate surface area is 181 Å². The Morgan fingerprint density at radius 3 is 2.78 bits per heavy atom. The maximum absolute atomic E-state index is 12.9. The number of fused-ring (bicyclic) bond motifs is 2. The van der Waals surface area contributed by atoms with E-state index < -0.39 is 18.4 Å². The predicted octanol–water partition coefficient (Wildman–Crippen LogP) is 3.87. The van der Waals surface area contributed by atoms with Gasteiger partial charge >= 0.3 is 5.97 Å². The second kappa shape index (κ2) is 7.99. The van der Waals surface area contributed by atoms with Crippen molar-refractivity contribution < 1.29 is 28.3 Å². The third-order valence-electron chi connectivity index (χ3n) is 4.98. The van der Waals surface area contributed by atoms with Gasteiger partial charge in [0.25, 0.3) is 5.91 Å². The summed E-state index contributed by atoms with van der Waals surface area (Å²) < 4.78 is 16.0. The molecule has 2 aromatic heterocycles. The number of hydrogen-bond donors (Lipinski definition) is 1. The second-order valence-corrected chi connectivity index (χ2v) is 7.10. The van der Waals surface area contributed by atoms with Crippen LogP contribution in [-0.2, 0) is 9.53 Å². The van der Waals surface area contributed by atoms with Gasteiger partial charge in [-0.15, -0.1) is 0 Å². The summed E-state index contributed by atoms with van der Waals surface area (Å²) >= 11 is 0. The Kier molecular flexibility index (Phi) is 4.87. The molecule has 1 amide bonds. The second-order valence-electron chi connectivity index (χ2n) is 7.10. The molecule has 1 N–H and O–H groups in total. The summed E-state index contributed by atoms with van der Waals surface area (Å²) in [6.07, 6.45) is 1.52. The van der Waals surface area contributed by atoms with E-state index in [0.29, 0.717) is 39.4 Å². The van der Waals surface area contributed by atoms with Gasteiger partial charge in [-0.2, -0.15) is 0 Å². The number of carbonyl (C=O) groups excluding carboxylic acids is 3. The fourth-order valence-electron chi connectivity index (χ4n) is 3.44. The SMILES string of the molecule is O=C1COc2ccc(C(=O)COC(=O)c3cc(-c4ccco4)nc4ccccc34)cc2N1. The van der Waals surface area contributed by atoms with Crippen molar-refractivity contribution in [1.29, 1.82) is 0 Å². The number of amides is 1. The Bertz CT molecular complexity index is 1360. The molecule has 5 rings (SSSR count). The molecule has 0 saturated carbocycles. The molecule has 0 atom stereocenters. The monoisotopic (exact) mass is 428 g/mol. The van der Waals surface area contributed by atoms with Crippen LogP contribution >= 0.6 is 0 Å². The fourth-order valence-corrected chi connectivity index (χ4v) is 3.44. The first-order chi connectivity index (χ1) is 15.6. The minimum absolute atomic E-state index is 0.0716. The molecule has 0 spiro atoms. The van der Waals surface area contributed by atoms with Crippen LogP contribution in [-0.4, -0.2) is 35.9 Å². The number of furan rings is 1. The van der Waals surface area contributed by atoms with E-state index in [4.69, 9.17) is 13.9 Å². The summed E-state index contributed by atoms with van der Waals surface area (Å²) in [5.74, 6) is -0.374. The molecule has 0 radical (unpaired) electrons. The van der Waals surface area contributed by atoms with Gasteiger partial charge in [-0.05, 0) is 42.5 Å². The zero-order valence-corrected chi connectivity index (χ0v) is 16.7. The van der Waals surface area contributed by atoms with Gasteiger partial charge in [0, 0.05) is 10.9 Å². The van der Waals surface area contributed by atoms with Crippen LogP contribution in [0.25, 0.3) is 22.4 Å². The number of nitrogens with one attached hydrogen (secondary N) is 1. The molecular formula is C24H16N2O6. The summed E-state index contributed by atoms with van der Waals surface area (Å²) in [6, 6.07) is 16.9. The average molecular weight is 428 g/mol. The molecular weight excluding hydrogens is 412 g/mol. The van der Waals surface area contributed by atoms with Crippen molar-refractivity contribution in [2.45, 2.75) is 0 Å². The Balaban J connectivity index is 1.38. The van der Waals surface area contributed by atoms with E-state index in [9.17, 15) is 14.4 Å². The molecule has 0 unspecified atom stereocenters. The number of benzene rings is 2. The smallest absolute Gasteiger partial charge is 0.339 e. The van der Waals surface area contributed by atoms with Gasteiger partial charge in [-0.3, -0.25) is 9.59 Å². The number of aromatic nitrogens is 1. The molecule has 8 heteroatoms. The van der Waals surface area contributed by atoms with Gasteiger partial charge < -0.3 is 19.2 Å². The highest BCUT2D eigenvalue weighted by atomic mass is 16.5. The lowest BCUT2D eigenvalue weighted by Crippen LogP contribution is -2.25. The summed E-state index contributed by atoms with van der Waals surface area (Å²) in [5.41, 5.74) is 2.06. The highest BCUT2D eigenvalue weighted by molar-refractivity contribution is 6.06. The van der Waals surface area contributed by atoms with Crippen LogP contribution in [0.1, 0.15) is 20.7 Å². The van der Waals surface area contributed by atoms with Crippen LogP contribution in [0.4, 0.5) is 5.69 Å². The Hall–Kier alpha value is -4.46. The van der Waals surface area contributed by atoms with Crippen LogP contribution < -0.4 is 10.1 Å². The van der Waals surface area contributed by atoms with Crippen LogP contribution in [0.15, 0.2) is 71.3 Å². The molecule has 8 nitrogen and oxygen atoms in total. The Morgan fingerprint density at radius 1 is 1.06 bits per heavy atom. The van der Waals surface area contributed by atoms with Gasteiger partial charge in [0.1, 0.15) is 11.4 Å². The zero-order valence-electron chi connectivity index (χ0n) is 16.7. The van der Waals surface area contributed by atoms with E-state index in [-0.39, 0.29) is 18.1 Å². The number of ether oxygens (including phenoxy) is 2. The summed E-state index contributed by atoms with van der Waals surface area (Å²) in [6.45, 7) is -0.531. The third-order valence-corrected chi connectivity index (χ3v) is 4.98. The fraction of sp³-hybridized carbons (Fsp3) is 0.0833. The van der Waals surface area contributed by atoms with Crippen LogP contribution in [0.5, 0.6) is 5.75 Å². The number of esters is 1. The van der Waals surface area contributed by atoms with Crippen LogP contribution in [0.2, 0.25) is 0 Å². The number of anilines is 1. The quantitative estimate of drug-likeness (QED) is 0.380. The maximum atomic E-state index is 12.9. The normalized spacial score (nSPS) is 12.6. The number of nitrogens with zero attached hydrogens (tertiary/aromatic N) is 1. The average Bonchev–Trinajstić information content (AvgIpc) is 3.36. The molecule has 3 heterocycles. The highest BCUT2D eigenvalue weighted by Crippen LogP contribution is 2.29. The van der Waals surface area contributed by atoms with Crippen molar-refractivity contribution in [3.63, 3.8) is 0 Å². The van der Waals surface area contributed by atoms with Crippen molar-refractivity contribution in [2.75, 3.05) is 18.5 Å². The summed E-state index contributed by atoms with van der Waals surface area (Å²) in [7, 11) is 0. The van der Waals surface area contributed by atoms with Gasteiger partial charge in [0.05, 0.1) is 23.0 Å². The molecule has 0 saturated heterocycles. The van der Waals surface area contributed by atoms with E-state index in [1.807, 2.05) is 6.07 Å². The van der Waals surface area contributed by atoms with E-state index in [2.05, 4.69) is 10.3 Å². The van der Waals surface area contributed by atoms with E-state index in [1.165, 1.54) is 12.3 Å². The number of rotatable bonds is 5. The van der Waals surface area contributed by atoms with Crippen molar-refractivity contribution >= 4 is 34.3 Å². The first kappa shape index (κ1) is 19.5. The zero-order chi connectivity index (χ0) is 22.1. The minimum Gasteiger partial charge on any atom is -0.482 e. The summed E-state index contributed by atoms with van der Waals surface area (Å²) in [4.78, 5) is 41.5. The molecule has 1 aliphatic rings. The molecule has 0 aliphatic carbocycles. The lowest BCUT2D eigenvalue weighted by molar-refractivity contribution is -0.118. The molecule has 0 fully saturated rings. The van der Waals surface area contributed by atoms with Gasteiger partial charge in [0.2, 0.25) is 0 Å². The van der Waals surface area contributed by atoms with E-state index in [1.54, 1.807) is 48.5 Å². The number of pyridine rings is 1. The molecule has 1 aliphatic heterocycles. The van der Waals surface area contributed by atoms with Gasteiger partial charge in [-0.1, -0.05) is 18.2 Å². The van der Waals surface area contributed by atoms with Crippen molar-refractivity contribution in [3.05, 3.63) is 78.1 Å². The highest BCUT2D eigenvalue weighted by Gasteiger charge is 2.20. The van der Waals surface area contributed by atoms with Gasteiger partial charge in [-0.25, -0.2) is 9.78 Å². The number of carbonyl (C=O) groups is 3. The van der Waals surface area contributed by atoms with Crippen LogP contribution in [0, 0.1) is 0 Å². The third kappa shape index (κ3) is 3.69.